The highest BCUT2D eigenvalue weighted by atomic mass is 32.2. The molecule has 0 saturated carbocycles. The van der Waals surface area contributed by atoms with Crippen molar-refractivity contribution in [3.05, 3.63) is 108 Å². The molecule has 4 aromatic rings. The topological polar surface area (TPSA) is 9.23 Å². The van der Waals surface area contributed by atoms with Gasteiger partial charge in [-0.1, -0.05) is 48.5 Å². The number of benzene rings is 4. The van der Waals surface area contributed by atoms with Crippen molar-refractivity contribution in [2.24, 2.45) is 0 Å². The number of hydrogen-bond acceptors (Lipinski definition) is 1. The van der Waals surface area contributed by atoms with Gasteiger partial charge in [0.25, 0.3) is 0 Å². The summed E-state index contributed by atoms with van der Waals surface area (Å²) in [6, 6.07) is 32.2. The van der Waals surface area contributed by atoms with Crippen LogP contribution >= 0.6 is 10.9 Å². The molecule has 0 aliphatic carbocycles. The molecule has 1 aliphatic heterocycles. The Morgan fingerprint density at radius 1 is 0.679 bits per heavy atom. The predicted octanol–water partition coefficient (Wildman–Crippen LogP) is 6.86. The first-order chi connectivity index (χ1) is 13.8. The molecule has 5 rings (SSSR count). The summed E-state index contributed by atoms with van der Waals surface area (Å²) in [7, 11) is -0.547. The van der Waals surface area contributed by atoms with Crippen LogP contribution in [-0.2, 0) is 6.61 Å². The van der Waals surface area contributed by atoms with E-state index in [4.69, 9.17) is 4.74 Å². The lowest BCUT2D eigenvalue weighted by atomic mass is 10.1. The van der Waals surface area contributed by atoms with Crippen molar-refractivity contribution in [2.75, 3.05) is 0 Å². The van der Waals surface area contributed by atoms with Crippen LogP contribution in [0.15, 0.2) is 112 Å². The van der Waals surface area contributed by atoms with Crippen molar-refractivity contribution < 1.29 is 9.13 Å². The zero-order chi connectivity index (χ0) is 18.9. The van der Waals surface area contributed by atoms with E-state index in [9.17, 15) is 4.39 Å². The van der Waals surface area contributed by atoms with Crippen LogP contribution in [0.25, 0.3) is 11.1 Å². The van der Waals surface area contributed by atoms with Crippen LogP contribution in [0, 0.1) is 5.82 Å². The molecule has 0 saturated heterocycles. The Balaban J connectivity index is 1.42. The Hall–Kier alpha value is -3.04. The Morgan fingerprint density at radius 3 is 1.96 bits per heavy atom. The maximum atomic E-state index is 13.3. The van der Waals surface area contributed by atoms with Gasteiger partial charge < -0.3 is 4.74 Å². The number of fused-ring (bicyclic) bond motifs is 3. The third kappa shape index (κ3) is 3.08. The largest absolute Gasteiger partial charge is 0.489 e. The quantitative estimate of drug-likeness (QED) is 0.332. The monoisotopic (exact) mass is 386 g/mol. The Kier molecular flexibility index (Phi) is 4.38. The molecule has 0 unspecified atom stereocenters. The van der Waals surface area contributed by atoms with Gasteiger partial charge in [0.1, 0.15) is 18.2 Å². The zero-order valence-corrected chi connectivity index (χ0v) is 16.1. The van der Waals surface area contributed by atoms with Gasteiger partial charge >= 0.3 is 0 Å². The summed E-state index contributed by atoms with van der Waals surface area (Å²) < 4.78 is 19.2. The minimum absolute atomic E-state index is 0.238. The number of rotatable bonds is 4. The molecule has 1 nitrogen and oxygen atoms in total. The third-order valence-electron chi connectivity index (χ3n) is 4.97. The summed E-state index contributed by atoms with van der Waals surface area (Å²) in [5.74, 6) is 0.557. The predicted molar refractivity (Wildman–Crippen MR) is 113 cm³/mol. The number of ether oxygens (including phenoxy) is 1. The fourth-order valence-corrected chi connectivity index (χ4v) is 6.29. The standard InChI is InChI=1S/C25H19FOS/c26-19-7-5-6-18(16-19)17-27-20-12-14-21(15-13-20)28-24-10-3-1-8-22(24)23-9-2-4-11-25(23)28/h1-16,28H,17H2. The third-order valence-corrected chi connectivity index (χ3v) is 7.53. The number of hydrogen-bond donors (Lipinski definition) is 1. The maximum absolute atomic E-state index is 13.3. The van der Waals surface area contributed by atoms with E-state index >= 15 is 0 Å². The molecule has 0 atom stereocenters. The molecule has 0 amide bonds. The van der Waals surface area contributed by atoms with Crippen molar-refractivity contribution in [3.8, 4) is 16.9 Å². The second-order valence-corrected chi connectivity index (χ2v) is 8.93. The Bertz CT molecular complexity index is 1090. The van der Waals surface area contributed by atoms with E-state index in [1.807, 2.05) is 18.2 Å². The average Bonchev–Trinajstić information content (AvgIpc) is 3.07. The van der Waals surface area contributed by atoms with E-state index in [0.29, 0.717) is 6.61 Å². The first-order valence-electron chi connectivity index (χ1n) is 9.25. The van der Waals surface area contributed by atoms with Crippen molar-refractivity contribution in [2.45, 2.75) is 21.3 Å². The summed E-state index contributed by atoms with van der Waals surface area (Å²) in [5.41, 5.74) is 3.51. The molecule has 0 radical (unpaired) electrons. The smallest absolute Gasteiger partial charge is 0.123 e. The highest BCUT2D eigenvalue weighted by Crippen LogP contribution is 2.62. The Labute approximate surface area is 166 Å². The van der Waals surface area contributed by atoms with Crippen LogP contribution in [0.4, 0.5) is 4.39 Å². The van der Waals surface area contributed by atoms with Gasteiger partial charge in [0.2, 0.25) is 0 Å². The van der Waals surface area contributed by atoms with Gasteiger partial charge in [-0.2, -0.15) is 10.9 Å². The van der Waals surface area contributed by atoms with Crippen molar-refractivity contribution in [1.29, 1.82) is 0 Å². The van der Waals surface area contributed by atoms with Crippen LogP contribution in [0.5, 0.6) is 5.75 Å². The van der Waals surface area contributed by atoms with Crippen LogP contribution in [0.3, 0.4) is 0 Å². The molecule has 138 valence electrons. The lowest BCUT2D eigenvalue weighted by molar-refractivity contribution is 0.305. The highest BCUT2D eigenvalue weighted by Gasteiger charge is 2.26. The second kappa shape index (κ2) is 7.17. The first kappa shape index (κ1) is 17.1. The normalized spacial score (nSPS) is 13.1. The van der Waals surface area contributed by atoms with Gasteiger partial charge in [0.15, 0.2) is 0 Å². The molecule has 4 aromatic carbocycles. The molecule has 0 N–H and O–H groups in total. The van der Waals surface area contributed by atoms with Gasteiger partial charge in [-0.05, 0) is 70.1 Å². The summed E-state index contributed by atoms with van der Waals surface area (Å²) in [6.45, 7) is 0.359. The molecule has 0 aromatic heterocycles. The fraction of sp³-hybridized carbons (Fsp3) is 0.0400. The van der Waals surface area contributed by atoms with Crippen molar-refractivity contribution in [3.63, 3.8) is 0 Å². The van der Waals surface area contributed by atoms with Gasteiger partial charge in [-0.25, -0.2) is 4.39 Å². The van der Waals surface area contributed by atoms with Crippen LogP contribution < -0.4 is 4.74 Å². The van der Waals surface area contributed by atoms with Gasteiger partial charge in [-0.15, -0.1) is 0 Å². The van der Waals surface area contributed by atoms with Crippen LogP contribution in [-0.4, -0.2) is 0 Å². The second-order valence-electron chi connectivity index (χ2n) is 6.78. The maximum Gasteiger partial charge on any atom is 0.123 e. The Morgan fingerprint density at radius 2 is 1.32 bits per heavy atom. The molecular weight excluding hydrogens is 367 g/mol. The highest BCUT2D eigenvalue weighted by molar-refractivity contribution is 8.17. The lowest BCUT2D eigenvalue weighted by Crippen LogP contribution is -1.95. The zero-order valence-electron chi connectivity index (χ0n) is 15.2. The molecular formula is C25H19FOS. The molecule has 0 bridgehead atoms. The summed E-state index contributed by atoms with van der Waals surface area (Å²) >= 11 is 0. The fourth-order valence-electron chi connectivity index (χ4n) is 3.69. The summed E-state index contributed by atoms with van der Waals surface area (Å²) in [6.07, 6.45) is 0. The molecule has 28 heavy (non-hydrogen) atoms. The van der Waals surface area contributed by atoms with Crippen molar-refractivity contribution in [1.82, 2.24) is 0 Å². The van der Waals surface area contributed by atoms with E-state index in [2.05, 4.69) is 60.7 Å². The molecule has 0 fully saturated rings. The van der Waals surface area contributed by atoms with E-state index in [-0.39, 0.29) is 5.82 Å². The minimum atomic E-state index is -0.547. The molecule has 3 heteroatoms. The van der Waals surface area contributed by atoms with Crippen LogP contribution in [0.2, 0.25) is 0 Å². The lowest BCUT2D eigenvalue weighted by Gasteiger charge is -2.19. The van der Waals surface area contributed by atoms with Gasteiger partial charge in [-0.3, -0.25) is 0 Å². The molecule has 1 aliphatic rings. The van der Waals surface area contributed by atoms with Crippen LogP contribution in [0.1, 0.15) is 5.56 Å². The summed E-state index contributed by atoms with van der Waals surface area (Å²) in [5, 5.41) is 0. The van der Waals surface area contributed by atoms with E-state index in [0.717, 1.165) is 11.3 Å². The number of thiol groups is 1. The minimum Gasteiger partial charge on any atom is -0.489 e. The number of halogens is 1. The van der Waals surface area contributed by atoms with E-state index in [1.165, 1.54) is 37.9 Å². The summed E-state index contributed by atoms with van der Waals surface area (Å²) in [4.78, 5) is 4.13. The van der Waals surface area contributed by atoms with Gasteiger partial charge in [0, 0.05) is 9.79 Å². The SMILES string of the molecule is Fc1cccc(COc2ccc([SH]3c4ccccc4-c4ccccc43)cc2)c1. The van der Waals surface area contributed by atoms with Crippen molar-refractivity contribution >= 4 is 10.9 Å². The molecule has 1 heterocycles. The molecule has 0 spiro atoms. The first-order valence-corrected chi connectivity index (χ1v) is 10.6. The van der Waals surface area contributed by atoms with E-state index in [1.54, 1.807) is 6.07 Å². The van der Waals surface area contributed by atoms with Gasteiger partial charge in [0.05, 0.1) is 0 Å². The average molecular weight is 386 g/mol. The van der Waals surface area contributed by atoms with E-state index < -0.39 is 10.9 Å².